The number of aromatic nitrogens is 4. The Hall–Kier alpha value is -1.84. The third-order valence-electron chi connectivity index (χ3n) is 3.75. The second-order valence-electron chi connectivity index (χ2n) is 7.13. The Kier molecular flexibility index (Phi) is 4.35. The van der Waals surface area contributed by atoms with Gasteiger partial charge < -0.3 is 0 Å². The highest BCUT2D eigenvalue weighted by Gasteiger charge is 2.22. The molecule has 0 aromatic carbocycles. The minimum absolute atomic E-state index is 0.0152. The lowest BCUT2D eigenvalue weighted by Gasteiger charge is -2.23. The van der Waals surface area contributed by atoms with Crippen molar-refractivity contribution in [1.82, 2.24) is 20.2 Å². The van der Waals surface area contributed by atoms with Crippen LogP contribution in [0.5, 0.6) is 0 Å². The first-order chi connectivity index (χ1) is 9.79. The Morgan fingerprint density at radius 1 is 0.905 bits per heavy atom. The molecule has 4 heteroatoms. The second kappa shape index (κ2) is 5.88. The van der Waals surface area contributed by atoms with Crippen LogP contribution in [0, 0.1) is 0 Å². The van der Waals surface area contributed by atoms with Gasteiger partial charge >= 0.3 is 0 Å². The van der Waals surface area contributed by atoms with E-state index in [-0.39, 0.29) is 10.8 Å². The molecule has 0 aliphatic heterocycles. The molecule has 0 spiro atoms. The minimum atomic E-state index is -0.0152. The molecule has 0 aliphatic rings. The molecule has 0 bridgehead atoms. The fourth-order valence-corrected chi connectivity index (χ4v) is 2.11. The van der Waals surface area contributed by atoms with E-state index in [1.807, 2.05) is 6.20 Å². The highest BCUT2D eigenvalue weighted by atomic mass is 15.1. The van der Waals surface area contributed by atoms with Crippen molar-refractivity contribution in [1.29, 1.82) is 0 Å². The van der Waals surface area contributed by atoms with Gasteiger partial charge in [0, 0.05) is 29.4 Å². The molecule has 112 valence electrons. The molecule has 0 N–H and O–H groups in total. The third-order valence-corrected chi connectivity index (χ3v) is 3.75. The number of rotatable bonds is 4. The zero-order valence-corrected chi connectivity index (χ0v) is 13.6. The number of hydrogen-bond donors (Lipinski definition) is 0. The quantitative estimate of drug-likeness (QED) is 0.862. The van der Waals surface area contributed by atoms with Crippen molar-refractivity contribution in [2.45, 2.75) is 58.3 Å². The molecule has 4 nitrogen and oxygen atoms in total. The first-order valence-electron chi connectivity index (χ1n) is 7.39. The van der Waals surface area contributed by atoms with Crippen LogP contribution >= 0.6 is 0 Å². The normalized spacial score (nSPS) is 12.4. The van der Waals surface area contributed by atoms with Crippen LogP contribution in [0.1, 0.15) is 58.1 Å². The van der Waals surface area contributed by atoms with Crippen LogP contribution in [0.2, 0.25) is 0 Å². The van der Waals surface area contributed by atoms with Crippen molar-refractivity contribution in [3.05, 3.63) is 47.8 Å². The monoisotopic (exact) mass is 284 g/mol. The predicted molar refractivity (Wildman–Crippen MR) is 84.1 cm³/mol. The summed E-state index contributed by atoms with van der Waals surface area (Å²) in [6.45, 7) is 10.8. The SMILES string of the molecule is CC(C)(C)c1ccc(CCC(C)(C)c2cnccn2)nn1. The van der Waals surface area contributed by atoms with Crippen LogP contribution < -0.4 is 0 Å². The second-order valence-corrected chi connectivity index (χ2v) is 7.13. The lowest BCUT2D eigenvalue weighted by molar-refractivity contribution is 0.459. The van der Waals surface area contributed by atoms with Gasteiger partial charge in [-0.25, -0.2) is 0 Å². The maximum Gasteiger partial charge on any atom is 0.0684 e. The molecule has 0 fully saturated rings. The first-order valence-corrected chi connectivity index (χ1v) is 7.39. The average Bonchev–Trinajstić information content (AvgIpc) is 2.46. The summed E-state index contributed by atoms with van der Waals surface area (Å²) in [6.07, 6.45) is 7.15. The van der Waals surface area contributed by atoms with Crippen LogP contribution in [0.15, 0.2) is 30.7 Å². The zero-order chi connectivity index (χ0) is 15.5. The topological polar surface area (TPSA) is 51.6 Å². The summed E-state index contributed by atoms with van der Waals surface area (Å²) in [5, 5.41) is 8.70. The van der Waals surface area contributed by atoms with E-state index in [4.69, 9.17) is 0 Å². The van der Waals surface area contributed by atoms with Gasteiger partial charge in [-0.05, 0) is 25.0 Å². The maximum atomic E-state index is 4.41. The lowest BCUT2D eigenvalue weighted by Crippen LogP contribution is -2.20. The van der Waals surface area contributed by atoms with Crippen LogP contribution in [0.4, 0.5) is 0 Å². The molecule has 0 saturated heterocycles. The van der Waals surface area contributed by atoms with Crippen molar-refractivity contribution >= 4 is 0 Å². The van der Waals surface area contributed by atoms with Gasteiger partial charge in [0.25, 0.3) is 0 Å². The van der Waals surface area contributed by atoms with E-state index in [0.29, 0.717) is 0 Å². The predicted octanol–water partition coefficient (Wildman–Crippen LogP) is 3.47. The number of aryl methyl sites for hydroxylation is 1. The maximum absolute atomic E-state index is 4.41. The largest absolute Gasteiger partial charge is 0.261 e. The Morgan fingerprint density at radius 3 is 2.19 bits per heavy atom. The summed E-state index contributed by atoms with van der Waals surface area (Å²) in [4.78, 5) is 8.56. The summed E-state index contributed by atoms with van der Waals surface area (Å²) in [7, 11) is 0. The number of nitrogens with zero attached hydrogens (tertiary/aromatic N) is 4. The molecular weight excluding hydrogens is 260 g/mol. The highest BCUT2D eigenvalue weighted by molar-refractivity contribution is 5.15. The standard InChI is InChI=1S/C17H24N4/c1-16(2,3)14-7-6-13(20-21-14)8-9-17(4,5)15-12-18-10-11-19-15/h6-7,10-12H,8-9H2,1-5H3. The lowest BCUT2D eigenvalue weighted by atomic mass is 9.84. The van der Waals surface area contributed by atoms with Crippen LogP contribution in [-0.2, 0) is 17.3 Å². The van der Waals surface area contributed by atoms with Gasteiger partial charge in [0.1, 0.15) is 0 Å². The molecule has 0 radical (unpaired) electrons. The van der Waals surface area contributed by atoms with E-state index >= 15 is 0 Å². The number of hydrogen-bond acceptors (Lipinski definition) is 4. The van der Waals surface area contributed by atoms with Gasteiger partial charge in [0.05, 0.1) is 17.1 Å². The highest BCUT2D eigenvalue weighted by Crippen LogP contribution is 2.26. The molecular formula is C17H24N4. The molecule has 21 heavy (non-hydrogen) atoms. The van der Waals surface area contributed by atoms with Crippen molar-refractivity contribution < 1.29 is 0 Å². The summed E-state index contributed by atoms with van der Waals surface area (Å²) in [5.41, 5.74) is 3.10. The van der Waals surface area contributed by atoms with E-state index in [2.05, 4.69) is 66.9 Å². The Balaban J connectivity index is 2.03. The van der Waals surface area contributed by atoms with Crippen molar-refractivity contribution in [3.8, 4) is 0 Å². The third kappa shape index (κ3) is 4.06. The fourth-order valence-electron chi connectivity index (χ4n) is 2.11. The summed E-state index contributed by atoms with van der Waals surface area (Å²) in [6, 6.07) is 4.16. The molecule has 2 aromatic heterocycles. The molecule has 0 aliphatic carbocycles. The molecule has 0 amide bonds. The average molecular weight is 284 g/mol. The van der Waals surface area contributed by atoms with Crippen LogP contribution in [-0.4, -0.2) is 20.2 Å². The smallest absolute Gasteiger partial charge is 0.0684 e. The van der Waals surface area contributed by atoms with Crippen molar-refractivity contribution in [2.75, 3.05) is 0 Å². The Bertz CT molecular complexity index is 568. The van der Waals surface area contributed by atoms with Crippen LogP contribution in [0.25, 0.3) is 0 Å². The zero-order valence-electron chi connectivity index (χ0n) is 13.6. The van der Waals surface area contributed by atoms with E-state index in [9.17, 15) is 0 Å². The van der Waals surface area contributed by atoms with Gasteiger partial charge in [0.2, 0.25) is 0 Å². The van der Waals surface area contributed by atoms with Gasteiger partial charge in [-0.1, -0.05) is 34.6 Å². The summed E-state index contributed by atoms with van der Waals surface area (Å²) in [5.74, 6) is 0. The molecule has 0 unspecified atom stereocenters. The van der Waals surface area contributed by atoms with Crippen molar-refractivity contribution in [2.24, 2.45) is 0 Å². The summed E-state index contributed by atoms with van der Waals surface area (Å²) >= 11 is 0. The van der Waals surface area contributed by atoms with E-state index in [1.165, 1.54) is 0 Å². The molecule has 0 saturated carbocycles. The van der Waals surface area contributed by atoms with Crippen LogP contribution in [0.3, 0.4) is 0 Å². The first kappa shape index (κ1) is 15.5. The molecule has 0 atom stereocenters. The van der Waals surface area contributed by atoms with E-state index in [1.54, 1.807) is 12.4 Å². The fraction of sp³-hybridized carbons (Fsp3) is 0.529. The van der Waals surface area contributed by atoms with Gasteiger partial charge in [-0.3, -0.25) is 9.97 Å². The molecule has 2 aromatic rings. The molecule has 2 rings (SSSR count). The Morgan fingerprint density at radius 2 is 1.67 bits per heavy atom. The minimum Gasteiger partial charge on any atom is -0.261 e. The Labute approximate surface area is 127 Å². The van der Waals surface area contributed by atoms with E-state index in [0.717, 1.165) is 29.9 Å². The van der Waals surface area contributed by atoms with Gasteiger partial charge in [-0.15, -0.1) is 0 Å². The van der Waals surface area contributed by atoms with E-state index < -0.39 is 0 Å². The van der Waals surface area contributed by atoms with Gasteiger partial charge in [-0.2, -0.15) is 10.2 Å². The molecule has 2 heterocycles. The summed E-state index contributed by atoms with van der Waals surface area (Å²) < 4.78 is 0. The van der Waals surface area contributed by atoms with Gasteiger partial charge in [0.15, 0.2) is 0 Å². The van der Waals surface area contributed by atoms with Crippen molar-refractivity contribution in [3.63, 3.8) is 0 Å².